The molecule has 2 atom stereocenters. The van der Waals surface area contributed by atoms with E-state index in [4.69, 9.17) is 4.74 Å². The van der Waals surface area contributed by atoms with Crippen LogP contribution in [0.25, 0.3) is 0 Å². The molecule has 0 heterocycles. The zero-order valence-electron chi connectivity index (χ0n) is 12.5. The minimum Gasteiger partial charge on any atom is -0.494 e. The maximum atomic E-state index is 13.8. The summed E-state index contributed by atoms with van der Waals surface area (Å²) in [5.41, 5.74) is 1.00. The molecule has 1 aromatic rings. The highest BCUT2D eigenvalue weighted by atomic mass is 19.1. The summed E-state index contributed by atoms with van der Waals surface area (Å²) in [5, 5.41) is 3.34. The van der Waals surface area contributed by atoms with Crippen LogP contribution in [0.15, 0.2) is 18.2 Å². The highest BCUT2D eigenvalue weighted by Crippen LogP contribution is 2.30. The number of hydrogen-bond acceptors (Lipinski definition) is 2. The van der Waals surface area contributed by atoms with E-state index >= 15 is 0 Å². The van der Waals surface area contributed by atoms with E-state index in [0.29, 0.717) is 11.7 Å². The molecule has 0 spiro atoms. The topological polar surface area (TPSA) is 21.3 Å². The minimum absolute atomic E-state index is 0.206. The lowest BCUT2D eigenvalue weighted by Gasteiger charge is -2.26. The van der Waals surface area contributed by atoms with E-state index in [0.717, 1.165) is 12.0 Å². The molecule has 0 radical (unpaired) electrons. The Morgan fingerprint density at radius 1 is 1.32 bits per heavy atom. The van der Waals surface area contributed by atoms with Crippen molar-refractivity contribution in [2.24, 2.45) is 5.92 Å². The van der Waals surface area contributed by atoms with Crippen molar-refractivity contribution >= 4 is 0 Å². The van der Waals surface area contributed by atoms with Crippen LogP contribution < -0.4 is 10.1 Å². The Labute approximate surface area is 116 Å². The standard InChI is InChI=1S/C16H26FNO/c1-5-7-8-12(6-2)16(18-3)13-9-10-15(19-4)14(17)11-13/h9-12,16,18H,5-8H2,1-4H3. The average Bonchev–Trinajstić information content (AvgIpc) is 2.43. The lowest BCUT2D eigenvalue weighted by atomic mass is 9.87. The minimum atomic E-state index is -0.286. The van der Waals surface area contributed by atoms with Gasteiger partial charge >= 0.3 is 0 Å². The molecule has 0 saturated carbocycles. The fourth-order valence-electron chi connectivity index (χ4n) is 2.62. The Hall–Kier alpha value is -1.09. The molecular weight excluding hydrogens is 241 g/mol. The number of unbranched alkanes of at least 4 members (excludes halogenated alkanes) is 1. The van der Waals surface area contributed by atoms with Crippen molar-refractivity contribution in [3.63, 3.8) is 0 Å². The first-order valence-corrected chi connectivity index (χ1v) is 7.18. The van der Waals surface area contributed by atoms with Crippen molar-refractivity contribution in [3.05, 3.63) is 29.6 Å². The summed E-state index contributed by atoms with van der Waals surface area (Å²) in [7, 11) is 3.44. The summed E-state index contributed by atoms with van der Waals surface area (Å²) in [6.45, 7) is 4.40. The molecule has 0 aliphatic rings. The zero-order valence-corrected chi connectivity index (χ0v) is 12.5. The first kappa shape index (κ1) is 16.0. The lowest BCUT2D eigenvalue weighted by Crippen LogP contribution is -2.25. The monoisotopic (exact) mass is 267 g/mol. The maximum Gasteiger partial charge on any atom is 0.165 e. The molecule has 108 valence electrons. The molecule has 0 fully saturated rings. The van der Waals surface area contributed by atoms with Crippen LogP contribution in [0.5, 0.6) is 5.75 Å². The molecule has 1 N–H and O–H groups in total. The number of rotatable bonds is 8. The highest BCUT2D eigenvalue weighted by Gasteiger charge is 2.20. The van der Waals surface area contributed by atoms with Gasteiger partial charge in [0.2, 0.25) is 0 Å². The third-order valence-electron chi connectivity index (χ3n) is 3.77. The first-order valence-electron chi connectivity index (χ1n) is 7.18. The molecular formula is C16H26FNO. The largest absolute Gasteiger partial charge is 0.494 e. The van der Waals surface area contributed by atoms with Crippen LogP contribution in [0, 0.1) is 11.7 Å². The van der Waals surface area contributed by atoms with Crippen molar-refractivity contribution in [2.75, 3.05) is 14.2 Å². The van der Waals surface area contributed by atoms with E-state index < -0.39 is 0 Å². The first-order chi connectivity index (χ1) is 9.17. The second-order valence-electron chi connectivity index (χ2n) is 4.97. The van der Waals surface area contributed by atoms with Crippen LogP contribution in [-0.2, 0) is 0 Å². The van der Waals surface area contributed by atoms with Gasteiger partial charge in [0.25, 0.3) is 0 Å². The van der Waals surface area contributed by atoms with Crippen LogP contribution in [0.3, 0.4) is 0 Å². The third kappa shape index (κ3) is 4.20. The molecule has 0 amide bonds. The van der Waals surface area contributed by atoms with Gasteiger partial charge in [0, 0.05) is 6.04 Å². The van der Waals surface area contributed by atoms with Crippen molar-refractivity contribution in [1.82, 2.24) is 5.32 Å². The van der Waals surface area contributed by atoms with Crippen molar-refractivity contribution < 1.29 is 9.13 Å². The van der Waals surface area contributed by atoms with E-state index in [1.165, 1.54) is 26.4 Å². The molecule has 0 saturated heterocycles. The van der Waals surface area contributed by atoms with Crippen LogP contribution in [-0.4, -0.2) is 14.2 Å². The van der Waals surface area contributed by atoms with Gasteiger partial charge < -0.3 is 10.1 Å². The summed E-state index contributed by atoms with van der Waals surface area (Å²) in [6.07, 6.45) is 4.69. The van der Waals surface area contributed by atoms with Crippen molar-refractivity contribution in [2.45, 2.75) is 45.6 Å². The Morgan fingerprint density at radius 2 is 2.05 bits per heavy atom. The third-order valence-corrected chi connectivity index (χ3v) is 3.77. The second-order valence-corrected chi connectivity index (χ2v) is 4.97. The van der Waals surface area contributed by atoms with E-state index in [9.17, 15) is 4.39 Å². The van der Waals surface area contributed by atoms with Crippen LogP contribution in [0.2, 0.25) is 0 Å². The van der Waals surface area contributed by atoms with Gasteiger partial charge in [-0.3, -0.25) is 0 Å². The smallest absolute Gasteiger partial charge is 0.165 e. The van der Waals surface area contributed by atoms with Gasteiger partial charge in [-0.2, -0.15) is 0 Å². The predicted octanol–water partition coefficient (Wildman–Crippen LogP) is 4.31. The number of hydrogen-bond donors (Lipinski definition) is 1. The fourth-order valence-corrected chi connectivity index (χ4v) is 2.62. The quantitative estimate of drug-likeness (QED) is 0.757. The summed E-state index contributed by atoms with van der Waals surface area (Å²) >= 11 is 0. The number of benzene rings is 1. The van der Waals surface area contributed by atoms with Crippen LogP contribution >= 0.6 is 0 Å². The SMILES string of the molecule is CCCCC(CC)C(NC)c1ccc(OC)c(F)c1. The van der Waals surface area contributed by atoms with Gasteiger partial charge in [0.05, 0.1) is 7.11 Å². The maximum absolute atomic E-state index is 13.8. The van der Waals surface area contributed by atoms with E-state index in [2.05, 4.69) is 19.2 Å². The Balaban J connectivity index is 2.91. The second kappa shape index (κ2) is 8.16. The number of nitrogens with one attached hydrogen (secondary N) is 1. The number of ether oxygens (including phenoxy) is 1. The molecule has 1 rings (SSSR count). The number of halogens is 1. The molecule has 1 aromatic carbocycles. The summed E-state index contributed by atoms with van der Waals surface area (Å²) in [6, 6.07) is 5.46. The van der Waals surface area contributed by atoms with Gasteiger partial charge in [-0.25, -0.2) is 4.39 Å². The Bertz CT molecular complexity index is 381. The molecule has 0 aliphatic heterocycles. The molecule has 0 aliphatic carbocycles. The molecule has 19 heavy (non-hydrogen) atoms. The highest BCUT2D eigenvalue weighted by molar-refractivity contribution is 5.31. The molecule has 0 bridgehead atoms. The van der Waals surface area contributed by atoms with E-state index in [1.807, 2.05) is 13.1 Å². The van der Waals surface area contributed by atoms with Crippen LogP contribution in [0.1, 0.15) is 51.1 Å². The van der Waals surface area contributed by atoms with Gasteiger partial charge in [0.15, 0.2) is 11.6 Å². The molecule has 3 heteroatoms. The van der Waals surface area contributed by atoms with Crippen molar-refractivity contribution in [1.29, 1.82) is 0 Å². The molecule has 2 unspecified atom stereocenters. The van der Waals surface area contributed by atoms with Crippen LogP contribution in [0.4, 0.5) is 4.39 Å². The lowest BCUT2D eigenvalue weighted by molar-refractivity contribution is 0.336. The molecule has 2 nitrogen and oxygen atoms in total. The zero-order chi connectivity index (χ0) is 14.3. The normalized spacial score (nSPS) is 14.2. The van der Waals surface area contributed by atoms with Gasteiger partial charge in [-0.05, 0) is 37.1 Å². The summed E-state index contributed by atoms with van der Waals surface area (Å²) < 4.78 is 18.8. The fraction of sp³-hybridized carbons (Fsp3) is 0.625. The van der Waals surface area contributed by atoms with Gasteiger partial charge in [-0.1, -0.05) is 39.2 Å². The molecule has 0 aromatic heterocycles. The van der Waals surface area contributed by atoms with E-state index in [-0.39, 0.29) is 11.9 Å². The predicted molar refractivity (Wildman–Crippen MR) is 78.1 cm³/mol. The Morgan fingerprint density at radius 3 is 2.53 bits per heavy atom. The number of methoxy groups -OCH3 is 1. The Kier molecular flexibility index (Phi) is 6.85. The van der Waals surface area contributed by atoms with Gasteiger partial charge in [-0.15, -0.1) is 0 Å². The average molecular weight is 267 g/mol. The van der Waals surface area contributed by atoms with Crippen molar-refractivity contribution in [3.8, 4) is 5.75 Å². The summed E-state index contributed by atoms with van der Waals surface area (Å²) in [4.78, 5) is 0. The van der Waals surface area contributed by atoms with Gasteiger partial charge in [0.1, 0.15) is 0 Å². The summed E-state index contributed by atoms with van der Waals surface area (Å²) in [5.74, 6) is 0.559. The van der Waals surface area contributed by atoms with E-state index in [1.54, 1.807) is 12.1 Å².